The number of nitrogens with one attached hydrogen (secondary N) is 2. The number of hydrogen-bond donors (Lipinski definition) is 3. The fourth-order valence-corrected chi connectivity index (χ4v) is 6.36. The molecule has 4 atom stereocenters. The number of aromatic amines is 1. The molecule has 41 heavy (non-hydrogen) atoms. The van der Waals surface area contributed by atoms with Crippen LogP contribution in [0, 0.1) is 18.8 Å². The number of carboxylic acids is 1. The van der Waals surface area contributed by atoms with Crippen LogP contribution in [-0.4, -0.2) is 39.4 Å². The van der Waals surface area contributed by atoms with Crippen molar-refractivity contribution in [3.05, 3.63) is 94.6 Å². The lowest BCUT2D eigenvalue weighted by Gasteiger charge is -2.31. The Bertz CT molecular complexity index is 1730. The third-order valence-corrected chi connectivity index (χ3v) is 8.50. The summed E-state index contributed by atoms with van der Waals surface area (Å²) >= 11 is 6.35. The highest BCUT2D eigenvalue weighted by Gasteiger charge is 2.68. The fraction of sp³-hybridized carbons (Fsp3) is 0.226. The smallest absolute Gasteiger partial charge is 0.325 e. The molecule has 4 unspecified atom stereocenters. The number of carbonyl (C=O) groups excluding carboxylic acids is 3. The summed E-state index contributed by atoms with van der Waals surface area (Å²) in [5, 5.41) is 15.2. The van der Waals surface area contributed by atoms with Crippen LogP contribution in [0.4, 0.5) is 5.69 Å². The number of ether oxygens (including phenoxy) is 1. The standard InChI is InChI=1S/C31H26ClN3O6/c1-16-7-10-20(13-23(16)32)35-28(37)25-26(29(35)38)31(30(39)40,14-19-15-33-24-6-4-3-5-22(19)24)34-27(25)18-8-11-21(12-9-18)41-17(2)36/h3-13,15,25-27,33-34H,14H2,1-2H3,(H,39,40). The Morgan fingerprint density at radius 1 is 1.05 bits per heavy atom. The maximum Gasteiger partial charge on any atom is 0.325 e. The van der Waals surface area contributed by atoms with Gasteiger partial charge in [-0.3, -0.25) is 24.5 Å². The van der Waals surface area contributed by atoms with Gasteiger partial charge in [0.05, 0.1) is 17.5 Å². The molecule has 3 heterocycles. The maximum absolute atomic E-state index is 14.2. The Morgan fingerprint density at radius 2 is 1.78 bits per heavy atom. The molecule has 0 spiro atoms. The third-order valence-electron chi connectivity index (χ3n) is 8.09. The molecule has 2 fully saturated rings. The number of aliphatic carboxylic acids is 1. The lowest BCUT2D eigenvalue weighted by atomic mass is 9.76. The van der Waals surface area contributed by atoms with Crippen LogP contribution in [0.5, 0.6) is 5.75 Å². The van der Waals surface area contributed by atoms with Crippen molar-refractivity contribution in [3.8, 4) is 5.75 Å². The van der Waals surface area contributed by atoms with Crippen LogP contribution in [0.2, 0.25) is 5.02 Å². The molecule has 2 saturated heterocycles. The van der Waals surface area contributed by atoms with E-state index in [0.29, 0.717) is 27.6 Å². The van der Waals surface area contributed by atoms with E-state index in [9.17, 15) is 24.3 Å². The quantitative estimate of drug-likeness (QED) is 0.176. The highest BCUT2D eigenvalue weighted by atomic mass is 35.5. The number of amides is 2. The lowest BCUT2D eigenvalue weighted by Crippen LogP contribution is -2.57. The first-order chi connectivity index (χ1) is 19.6. The lowest BCUT2D eigenvalue weighted by molar-refractivity contribution is -0.148. The van der Waals surface area contributed by atoms with Gasteiger partial charge in [0.2, 0.25) is 11.8 Å². The zero-order valence-corrected chi connectivity index (χ0v) is 22.9. The van der Waals surface area contributed by atoms with E-state index in [2.05, 4.69) is 10.3 Å². The van der Waals surface area contributed by atoms with Crippen molar-refractivity contribution in [1.29, 1.82) is 0 Å². The summed E-state index contributed by atoms with van der Waals surface area (Å²) in [6.45, 7) is 3.10. The second-order valence-corrected chi connectivity index (χ2v) is 11.0. The highest BCUT2D eigenvalue weighted by molar-refractivity contribution is 6.32. The first-order valence-corrected chi connectivity index (χ1v) is 13.5. The van der Waals surface area contributed by atoms with Crippen LogP contribution in [0.1, 0.15) is 29.7 Å². The van der Waals surface area contributed by atoms with E-state index in [0.717, 1.165) is 21.4 Å². The number of imide groups is 1. The molecule has 0 saturated carbocycles. The number of benzene rings is 3. The molecular weight excluding hydrogens is 546 g/mol. The normalized spacial score (nSPS) is 23.7. The number of fused-ring (bicyclic) bond motifs is 2. The van der Waals surface area contributed by atoms with E-state index in [-0.39, 0.29) is 6.42 Å². The molecule has 2 aliphatic rings. The molecule has 1 aromatic heterocycles. The molecule has 0 bridgehead atoms. The minimum Gasteiger partial charge on any atom is -0.480 e. The second kappa shape index (κ2) is 9.87. The topological polar surface area (TPSA) is 129 Å². The molecular formula is C31H26ClN3O6. The molecule has 208 valence electrons. The van der Waals surface area contributed by atoms with Crippen molar-refractivity contribution in [2.45, 2.75) is 31.8 Å². The zero-order valence-electron chi connectivity index (χ0n) is 22.2. The number of anilines is 1. The number of aromatic nitrogens is 1. The summed E-state index contributed by atoms with van der Waals surface area (Å²) in [5.74, 6) is -4.74. The van der Waals surface area contributed by atoms with Gasteiger partial charge in [-0.05, 0) is 53.9 Å². The van der Waals surface area contributed by atoms with Gasteiger partial charge >= 0.3 is 11.9 Å². The largest absolute Gasteiger partial charge is 0.480 e. The first kappa shape index (κ1) is 26.7. The van der Waals surface area contributed by atoms with Crippen molar-refractivity contribution < 1.29 is 29.0 Å². The molecule has 0 aliphatic carbocycles. The molecule has 3 aromatic carbocycles. The van der Waals surface area contributed by atoms with Gasteiger partial charge in [-0.1, -0.05) is 48.0 Å². The Balaban J connectivity index is 1.48. The molecule has 3 N–H and O–H groups in total. The summed E-state index contributed by atoms with van der Waals surface area (Å²) in [7, 11) is 0. The van der Waals surface area contributed by atoms with Crippen molar-refractivity contribution in [3.63, 3.8) is 0 Å². The van der Waals surface area contributed by atoms with E-state index >= 15 is 0 Å². The number of rotatable bonds is 6. The van der Waals surface area contributed by atoms with E-state index in [1.165, 1.54) is 6.92 Å². The van der Waals surface area contributed by atoms with Crippen LogP contribution in [0.3, 0.4) is 0 Å². The number of nitrogens with zero attached hydrogens (tertiary/aromatic N) is 1. The Hall–Kier alpha value is -4.47. The summed E-state index contributed by atoms with van der Waals surface area (Å²) in [6.07, 6.45) is 1.70. The van der Waals surface area contributed by atoms with Gasteiger partial charge in [-0.2, -0.15) is 0 Å². The van der Waals surface area contributed by atoms with E-state index in [4.69, 9.17) is 16.3 Å². The van der Waals surface area contributed by atoms with Crippen LogP contribution >= 0.6 is 11.6 Å². The van der Waals surface area contributed by atoms with Gasteiger partial charge < -0.3 is 14.8 Å². The molecule has 2 aliphatic heterocycles. The number of H-pyrrole nitrogens is 1. The molecule has 0 radical (unpaired) electrons. The number of carbonyl (C=O) groups is 4. The molecule has 10 heteroatoms. The first-order valence-electron chi connectivity index (χ1n) is 13.1. The molecule has 4 aromatic rings. The summed E-state index contributed by atoms with van der Waals surface area (Å²) in [4.78, 5) is 57.1. The molecule has 2 amide bonds. The number of hydrogen-bond acceptors (Lipinski definition) is 6. The predicted molar refractivity (Wildman–Crippen MR) is 152 cm³/mol. The predicted octanol–water partition coefficient (Wildman–Crippen LogP) is 4.57. The van der Waals surface area contributed by atoms with Gasteiger partial charge in [0.1, 0.15) is 11.3 Å². The minimum absolute atomic E-state index is 0.0446. The van der Waals surface area contributed by atoms with Crippen LogP contribution in [-0.2, 0) is 25.6 Å². The van der Waals surface area contributed by atoms with E-state index < -0.39 is 47.2 Å². The van der Waals surface area contributed by atoms with Crippen LogP contribution < -0.4 is 15.0 Å². The van der Waals surface area contributed by atoms with E-state index in [1.54, 1.807) is 48.7 Å². The van der Waals surface area contributed by atoms with Crippen LogP contribution in [0.25, 0.3) is 10.9 Å². The molecule has 9 nitrogen and oxygen atoms in total. The van der Waals surface area contributed by atoms with Crippen LogP contribution in [0.15, 0.2) is 72.9 Å². The minimum atomic E-state index is -1.80. The van der Waals surface area contributed by atoms with Crippen molar-refractivity contribution in [2.75, 3.05) is 4.90 Å². The number of halogens is 1. The Labute approximate surface area is 240 Å². The van der Waals surface area contributed by atoms with Crippen molar-refractivity contribution in [2.24, 2.45) is 11.8 Å². The van der Waals surface area contributed by atoms with Crippen molar-refractivity contribution >= 4 is 51.9 Å². The molecule has 6 rings (SSSR count). The van der Waals surface area contributed by atoms with Gasteiger partial charge in [0.15, 0.2) is 0 Å². The monoisotopic (exact) mass is 571 g/mol. The van der Waals surface area contributed by atoms with Gasteiger partial charge in [0.25, 0.3) is 0 Å². The SMILES string of the molecule is CC(=O)Oc1ccc(C2NC(Cc3c[nH]c4ccccc34)(C(=O)O)C3C(=O)N(c4ccc(C)c(Cl)c4)C(=O)C23)cc1. The second-order valence-electron chi connectivity index (χ2n) is 10.5. The third kappa shape index (κ3) is 4.29. The zero-order chi connectivity index (χ0) is 29.1. The van der Waals surface area contributed by atoms with Gasteiger partial charge in [-0.15, -0.1) is 0 Å². The van der Waals surface area contributed by atoms with E-state index in [1.807, 2.05) is 31.2 Å². The maximum atomic E-state index is 14.2. The summed E-state index contributed by atoms with van der Waals surface area (Å²) in [5.41, 5.74) is 1.40. The number of carboxylic acid groups (broad SMARTS) is 1. The Morgan fingerprint density at radius 3 is 2.46 bits per heavy atom. The number of esters is 1. The van der Waals surface area contributed by atoms with Crippen molar-refractivity contribution in [1.82, 2.24) is 10.3 Å². The number of para-hydroxylation sites is 1. The number of aryl methyl sites for hydroxylation is 1. The highest BCUT2D eigenvalue weighted by Crippen LogP contribution is 2.51. The van der Waals surface area contributed by atoms with Gasteiger partial charge in [-0.25, -0.2) is 4.90 Å². The average Bonchev–Trinajstić information content (AvgIpc) is 3.58. The summed E-state index contributed by atoms with van der Waals surface area (Å²) < 4.78 is 5.14. The average molecular weight is 572 g/mol. The van der Waals surface area contributed by atoms with Gasteiger partial charge in [0, 0.05) is 41.5 Å². The fourth-order valence-electron chi connectivity index (χ4n) is 6.19. The Kier molecular flexibility index (Phi) is 6.43. The summed E-state index contributed by atoms with van der Waals surface area (Å²) in [6, 6.07) is 18.1.